The maximum absolute atomic E-state index is 15.9. The van der Waals surface area contributed by atoms with E-state index in [9.17, 15) is 4.79 Å². The Bertz CT molecular complexity index is 1320. The standard InChI is InChI=1S/C23H22ClFN6O2/c1-10-7-26-20(32)16-12-4-3-11-8-27-22(17(25)15(11)19(12)29-18(10)16)33-21-13-9-31(2)6-5-14(13)28-23(24)30-21/h8,10,29H,3-7,9H2,1-2H3,(H,26,32)/t10-/m0/s1. The molecule has 0 spiro atoms. The van der Waals surface area contributed by atoms with Gasteiger partial charge >= 0.3 is 0 Å². The van der Waals surface area contributed by atoms with Crippen molar-refractivity contribution in [1.82, 2.24) is 30.2 Å². The average Bonchev–Trinajstić information content (AvgIpc) is 3.19. The zero-order chi connectivity index (χ0) is 22.9. The second-order valence-corrected chi connectivity index (χ2v) is 9.31. The zero-order valence-electron chi connectivity index (χ0n) is 18.3. The number of H-pyrrole nitrogens is 1. The number of nitrogens with zero attached hydrogens (tertiary/aromatic N) is 4. The van der Waals surface area contributed by atoms with E-state index in [4.69, 9.17) is 16.3 Å². The number of halogens is 2. The highest BCUT2D eigenvalue weighted by Gasteiger charge is 2.35. The molecule has 2 N–H and O–H groups in total. The van der Waals surface area contributed by atoms with Crippen molar-refractivity contribution in [3.05, 3.63) is 50.9 Å². The molecule has 3 aromatic rings. The molecular weight excluding hydrogens is 447 g/mol. The van der Waals surface area contributed by atoms with E-state index in [-0.39, 0.29) is 28.9 Å². The first kappa shape index (κ1) is 20.6. The Labute approximate surface area is 194 Å². The van der Waals surface area contributed by atoms with Gasteiger partial charge in [0.1, 0.15) is 0 Å². The van der Waals surface area contributed by atoms with Gasteiger partial charge in [0, 0.05) is 49.4 Å². The molecule has 170 valence electrons. The minimum atomic E-state index is -0.576. The van der Waals surface area contributed by atoms with Crippen molar-refractivity contribution in [2.75, 3.05) is 20.1 Å². The number of aromatic nitrogens is 4. The molecule has 0 radical (unpaired) electrons. The van der Waals surface area contributed by atoms with E-state index in [1.54, 1.807) is 6.20 Å². The first-order valence-electron chi connectivity index (χ1n) is 11.0. The molecule has 1 amide bonds. The number of carbonyl (C=O) groups excluding carboxylic acids is 1. The molecule has 8 nitrogen and oxygen atoms in total. The van der Waals surface area contributed by atoms with Crippen LogP contribution in [0.25, 0.3) is 11.3 Å². The summed E-state index contributed by atoms with van der Waals surface area (Å²) in [7, 11) is 1.99. The minimum Gasteiger partial charge on any atom is -0.417 e. The zero-order valence-corrected chi connectivity index (χ0v) is 19.0. The van der Waals surface area contributed by atoms with E-state index in [0.717, 1.165) is 34.6 Å². The molecule has 3 aliphatic rings. The van der Waals surface area contributed by atoms with Gasteiger partial charge in [-0.3, -0.25) is 4.79 Å². The summed E-state index contributed by atoms with van der Waals surface area (Å²) in [6.45, 7) is 4.02. The molecule has 0 unspecified atom stereocenters. The number of amides is 1. The summed E-state index contributed by atoms with van der Waals surface area (Å²) in [6, 6.07) is 0. The van der Waals surface area contributed by atoms with Crippen molar-refractivity contribution in [2.24, 2.45) is 0 Å². The third-order valence-corrected chi connectivity index (χ3v) is 6.93. The fraction of sp³-hybridized carbons (Fsp3) is 0.391. The number of aromatic amines is 1. The molecular formula is C23H22ClFN6O2. The van der Waals surface area contributed by atoms with Crippen molar-refractivity contribution in [3.8, 4) is 23.0 Å². The lowest BCUT2D eigenvalue weighted by Gasteiger charge is -2.25. The minimum absolute atomic E-state index is 0.0611. The van der Waals surface area contributed by atoms with Gasteiger partial charge in [-0.1, -0.05) is 6.92 Å². The number of carbonyl (C=O) groups is 1. The number of hydrogen-bond acceptors (Lipinski definition) is 6. The van der Waals surface area contributed by atoms with Gasteiger partial charge in [-0.2, -0.15) is 4.98 Å². The molecule has 1 atom stereocenters. The SMILES string of the molecule is C[C@H]1CNC(=O)c2c1[nH]c1c2CCc2cnc(Oc3nc(Cl)nc4c3CN(C)CC4)c(F)c2-1. The average molecular weight is 469 g/mol. The Morgan fingerprint density at radius 3 is 2.88 bits per heavy atom. The summed E-state index contributed by atoms with van der Waals surface area (Å²) in [6.07, 6.45) is 3.60. The summed E-state index contributed by atoms with van der Waals surface area (Å²) in [5.41, 5.74) is 5.76. The summed E-state index contributed by atoms with van der Waals surface area (Å²) in [4.78, 5) is 30.8. The molecule has 1 aliphatic carbocycles. The third kappa shape index (κ3) is 3.21. The molecule has 0 fully saturated rings. The number of nitrogens with one attached hydrogen (secondary N) is 2. The highest BCUT2D eigenvalue weighted by molar-refractivity contribution is 6.28. The quantitative estimate of drug-likeness (QED) is 0.560. The Balaban J connectivity index is 1.46. The predicted octanol–water partition coefficient (Wildman–Crippen LogP) is 3.38. The van der Waals surface area contributed by atoms with Crippen LogP contribution >= 0.6 is 11.6 Å². The second kappa shape index (κ2) is 7.50. The maximum Gasteiger partial charge on any atom is 0.258 e. The van der Waals surface area contributed by atoms with Gasteiger partial charge in [-0.15, -0.1) is 0 Å². The molecule has 0 saturated carbocycles. The van der Waals surface area contributed by atoms with Crippen LogP contribution in [0.3, 0.4) is 0 Å². The lowest BCUT2D eigenvalue weighted by atomic mass is 9.87. The summed E-state index contributed by atoms with van der Waals surface area (Å²) < 4.78 is 21.8. The Morgan fingerprint density at radius 2 is 2.03 bits per heavy atom. The van der Waals surface area contributed by atoms with Crippen LogP contribution < -0.4 is 10.1 Å². The summed E-state index contributed by atoms with van der Waals surface area (Å²) in [5, 5.41) is 2.99. The van der Waals surface area contributed by atoms with E-state index < -0.39 is 5.82 Å². The highest BCUT2D eigenvalue weighted by atomic mass is 35.5. The van der Waals surface area contributed by atoms with Crippen LogP contribution in [0.4, 0.5) is 4.39 Å². The molecule has 6 rings (SSSR count). The molecule has 2 aliphatic heterocycles. The maximum atomic E-state index is 15.9. The molecule has 3 aromatic heterocycles. The van der Waals surface area contributed by atoms with Crippen LogP contribution in [-0.2, 0) is 25.8 Å². The third-order valence-electron chi connectivity index (χ3n) is 6.76. The number of aryl methyl sites for hydroxylation is 1. The fourth-order valence-corrected chi connectivity index (χ4v) is 5.23. The normalized spacial score (nSPS) is 19.3. The van der Waals surface area contributed by atoms with Crippen molar-refractivity contribution >= 4 is 17.5 Å². The van der Waals surface area contributed by atoms with E-state index in [1.165, 1.54) is 0 Å². The van der Waals surface area contributed by atoms with E-state index in [1.807, 2.05) is 14.0 Å². The first-order valence-corrected chi connectivity index (χ1v) is 11.4. The van der Waals surface area contributed by atoms with Gasteiger partial charge in [0.2, 0.25) is 11.2 Å². The van der Waals surface area contributed by atoms with Crippen molar-refractivity contribution < 1.29 is 13.9 Å². The van der Waals surface area contributed by atoms with Crippen LogP contribution in [0, 0.1) is 5.82 Å². The van der Waals surface area contributed by atoms with Gasteiger partial charge in [0.05, 0.1) is 22.5 Å². The molecule has 0 saturated heterocycles. The first-order chi connectivity index (χ1) is 15.9. The highest BCUT2D eigenvalue weighted by Crippen LogP contribution is 2.42. The Morgan fingerprint density at radius 1 is 1.18 bits per heavy atom. The predicted molar refractivity (Wildman–Crippen MR) is 119 cm³/mol. The topological polar surface area (TPSA) is 96.0 Å². The number of likely N-dealkylation sites (N-methyl/N-ethyl adjacent to an activating group) is 1. The molecule has 33 heavy (non-hydrogen) atoms. The van der Waals surface area contributed by atoms with Gasteiger partial charge < -0.3 is 19.9 Å². The monoisotopic (exact) mass is 468 g/mol. The number of pyridine rings is 1. The molecule has 5 heterocycles. The smallest absolute Gasteiger partial charge is 0.258 e. The van der Waals surface area contributed by atoms with E-state index >= 15 is 4.39 Å². The van der Waals surface area contributed by atoms with Gasteiger partial charge in [-0.25, -0.2) is 14.4 Å². The van der Waals surface area contributed by atoms with Gasteiger partial charge in [0.15, 0.2) is 5.82 Å². The number of ether oxygens (including phenoxy) is 1. The number of fused-ring (bicyclic) bond motifs is 6. The van der Waals surface area contributed by atoms with E-state index in [0.29, 0.717) is 49.2 Å². The Hall–Kier alpha value is -3.04. The fourth-order valence-electron chi connectivity index (χ4n) is 5.05. The van der Waals surface area contributed by atoms with Crippen LogP contribution in [0.2, 0.25) is 5.28 Å². The van der Waals surface area contributed by atoms with Crippen molar-refractivity contribution in [1.29, 1.82) is 0 Å². The van der Waals surface area contributed by atoms with Crippen molar-refractivity contribution in [2.45, 2.75) is 38.6 Å². The lowest BCUT2D eigenvalue weighted by molar-refractivity contribution is 0.0940. The number of hydrogen-bond donors (Lipinski definition) is 2. The van der Waals surface area contributed by atoms with Crippen LogP contribution in [0.1, 0.15) is 51.3 Å². The molecule has 0 aromatic carbocycles. The van der Waals surface area contributed by atoms with Crippen LogP contribution in [-0.4, -0.2) is 50.9 Å². The second-order valence-electron chi connectivity index (χ2n) is 8.97. The molecule has 10 heteroatoms. The Kier molecular flexibility index (Phi) is 4.67. The van der Waals surface area contributed by atoms with Crippen LogP contribution in [0.15, 0.2) is 6.20 Å². The molecule has 0 bridgehead atoms. The summed E-state index contributed by atoms with van der Waals surface area (Å²) in [5.74, 6) is -0.511. The van der Waals surface area contributed by atoms with Gasteiger partial charge in [-0.05, 0) is 42.6 Å². The largest absolute Gasteiger partial charge is 0.417 e. The van der Waals surface area contributed by atoms with Crippen molar-refractivity contribution in [3.63, 3.8) is 0 Å². The van der Waals surface area contributed by atoms with Crippen LogP contribution in [0.5, 0.6) is 11.8 Å². The number of rotatable bonds is 2. The van der Waals surface area contributed by atoms with Gasteiger partial charge in [0.25, 0.3) is 11.8 Å². The lowest BCUT2D eigenvalue weighted by Crippen LogP contribution is -2.34. The summed E-state index contributed by atoms with van der Waals surface area (Å²) >= 11 is 6.12. The van der Waals surface area contributed by atoms with E-state index in [2.05, 4.69) is 30.2 Å².